The molecule has 0 radical (unpaired) electrons. The second-order valence-electron chi connectivity index (χ2n) is 8.21. The summed E-state index contributed by atoms with van der Waals surface area (Å²) >= 11 is 6.05. The van der Waals surface area contributed by atoms with E-state index in [-0.39, 0.29) is 18.4 Å². The Kier molecular flexibility index (Phi) is 7.71. The van der Waals surface area contributed by atoms with E-state index in [0.29, 0.717) is 34.5 Å². The van der Waals surface area contributed by atoms with Crippen molar-refractivity contribution in [3.63, 3.8) is 0 Å². The summed E-state index contributed by atoms with van der Waals surface area (Å²) in [5.74, 6) is 0.463. The Bertz CT molecular complexity index is 1380. The number of carbonyl (C=O) groups excluding carboxylic acids is 2. The van der Waals surface area contributed by atoms with Crippen LogP contribution in [0.4, 0.5) is 5.95 Å². The van der Waals surface area contributed by atoms with E-state index in [2.05, 4.69) is 10.3 Å². The molecule has 0 fully saturated rings. The largest absolute Gasteiger partial charge is 0.497 e. The van der Waals surface area contributed by atoms with Gasteiger partial charge in [-0.2, -0.15) is 0 Å². The maximum Gasteiger partial charge on any atom is 0.254 e. The molecule has 4 aromatic rings. The second kappa shape index (κ2) is 11.1. The summed E-state index contributed by atoms with van der Waals surface area (Å²) in [7, 11) is 1.60. The van der Waals surface area contributed by atoms with Gasteiger partial charge in [-0.1, -0.05) is 48.0 Å². The Hall–Kier alpha value is -4.10. The molecular weight excluding hydrogens is 476 g/mol. The van der Waals surface area contributed by atoms with Crippen molar-refractivity contribution in [3.05, 3.63) is 95.1 Å². The zero-order valence-electron chi connectivity index (χ0n) is 20.4. The van der Waals surface area contributed by atoms with Crippen molar-refractivity contribution >= 4 is 29.4 Å². The molecule has 0 saturated carbocycles. The number of benzene rings is 3. The minimum atomic E-state index is -0.351. The van der Waals surface area contributed by atoms with Crippen LogP contribution in [0.5, 0.6) is 5.75 Å². The molecular formula is C28H27ClN4O3. The Morgan fingerprint density at radius 2 is 1.81 bits per heavy atom. The topological polar surface area (TPSA) is 76.5 Å². The maximum absolute atomic E-state index is 13.1. The number of ether oxygens (including phenoxy) is 1. The fourth-order valence-corrected chi connectivity index (χ4v) is 3.96. The Labute approximate surface area is 215 Å². The van der Waals surface area contributed by atoms with Crippen LogP contribution < -0.4 is 10.1 Å². The molecule has 1 aromatic heterocycles. The first-order valence-corrected chi connectivity index (χ1v) is 11.9. The monoisotopic (exact) mass is 502 g/mol. The fourth-order valence-electron chi connectivity index (χ4n) is 3.83. The Balaban J connectivity index is 1.62. The van der Waals surface area contributed by atoms with E-state index < -0.39 is 0 Å². The lowest BCUT2D eigenvalue weighted by Gasteiger charge is -2.21. The van der Waals surface area contributed by atoms with Crippen molar-refractivity contribution in [3.8, 4) is 22.7 Å². The first kappa shape index (κ1) is 25.0. The zero-order valence-corrected chi connectivity index (χ0v) is 21.1. The molecule has 0 aliphatic rings. The molecule has 0 aliphatic heterocycles. The predicted octanol–water partition coefficient (Wildman–Crippen LogP) is 5.61. The number of hydrogen-bond donors (Lipinski definition) is 1. The Morgan fingerprint density at radius 3 is 2.50 bits per heavy atom. The molecule has 36 heavy (non-hydrogen) atoms. The number of nitrogens with one attached hydrogen (secondary N) is 1. The summed E-state index contributed by atoms with van der Waals surface area (Å²) in [5.41, 5.74) is 3.72. The molecule has 0 unspecified atom stereocenters. The average Bonchev–Trinajstić information content (AvgIpc) is 3.31. The van der Waals surface area contributed by atoms with Gasteiger partial charge in [0.25, 0.3) is 5.91 Å². The van der Waals surface area contributed by atoms with Crippen molar-refractivity contribution in [2.24, 2.45) is 0 Å². The van der Waals surface area contributed by atoms with E-state index in [1.807, 2.05) is 74.6 Å². The number of anilines is 1. The third kappa shape index (κ3) is 5.58. The van der Waals surface area contributed by atoms with Gasteiger partial charge < -0.3 is 9.64 Å². The van der Waals surface area contributed by atoms with Crippen LogP contribution in [0.1, 0.15) is 22.8 Å². The summed E-state index contributed by atoms with van der Waals surface area (Å²) in [6.45, 7) is 4.01. The number of halogens is 1. The van der Waals surface area contributed by atoms with Crippen LogP contribution >= 0.6 is 11.6 Å². The van der Waals surface area contributed by atoms with Crippen molar-refractivity contribution in [2.75, 3.05) is 25.5 Å². The second-order valence-corrected chi connectivity index (χ2v) is 8.65. The van der Waals surface area contributed by atoms with E-state index in [1.165, 1.54) is 4.90 Å². The molecule has 0 spiro atoms. The normalized spacial score (nSPS) is 10.7. The van der Waals surface area contributed by atoms with Gasteiger partial charge in [-0.3, -0.25) is 19.5 Å². The number of nitrogens with zero attached hydrogens (tertiary/aromatic N) is 3. The minimum absolute atomic E-state index is 0.106. The standard InChI is InChI=1S/C28H27ClN4O3/c1-4-32(27(35)24-11-6-5-8-19(24)2)18-26(34)31-28-30-25(20-12-14-21(29)15-13-20)17-33(28)22-9-7-10-23(16-22)36-3/h5-17H,4,18H2,1-3H3,(H,30,31,34). The smallest absolute Gasteiger partial charge is 0.254 e. The SMILES string of the molecule is CCN(CC(=O)Nc1nc(-c2ccc(Cl)cc2)cn1-c1cccc(OC)c1)C(=O)c1ccccc1C. The van der Waals surface area contributed by atoms with Crippen molar-refractivity contribution in [1.29, 1.82) is 0 Å². The van der Waals surface area contributed by atoms with E-state index in [1.54, 1.807) is 29.9 Å². The Morgan fingerprint density at radius 1 is 1.06 bits per heavy atom. The number of methoxy groups -OCH3 is 1. The number of carbonyl (C=O) groups is 2. The number of rotatable bonds is 8. The van der Waals surface area contributed by atoms with Crippen LogP contribution in [0.2, 0.25) is 5.02 Å². The summed E-state index contributed by atoms with van der Waals surface area (Å²) in [4.78, 5) is 32.3. The number of likely N-dealkylation sites (N-methyl/N-ethyl adjacent to an activating group) is 1. The summed E-state index contributed by atoms with van der Waals surface area (Å²) in [6, 6.07) is 22.1. The highest BCUT2D eigenvalue weighted by Crippen LogP contribution is 2.27. The van der Waals surface area contributed by atoms with Crippen LogP contribution in [-0.4, -0.2) is 46.5 Å². The minimum Gasteiger partial charge on any atom is -0.497 e. The lowest BCUT2D eigenvalue weighted by Crippen LogP contribution is -2.38. The zero-order chi connectivity index (χ0) is 25.7. The van der Waals surface area contributed by atoms with Gasteiger partial charge >= 0.3 is 0 Å². The molecule has 8 heteroatoms. The molecule has 1 heterocycles. The lowest BCUT2D eigenvalue weighted by atomic mass is 10.1. The van der Waals surface area contributed by atoms with Crippen molar-refractivity contribution in [2.45, 2.75) is 13.8 Å². The maximum atomic E-state index is 13.1. The molecule has 1 N–H and O–H groups in total. The first-order valence-electron chi connectivity index (χ1n) is 11.5. The van der Waals surface area contributed by atoms with Gasteiger partial charge in [-0.15, -0.1) is 0 Å². The molecule has 0 atom stereocenters. The molecule has 0 aliphatic carbocycles. The number of amides is 2. The van der Waals surface area contributed by atoms with Gasteiger partial charge in [0, 0.05) is 35.0 Å². The van der Waals surface area contributed by atoms with Gasteiger partial charge in [0.2, 0.25) is 11.9 Å². The molecule has 184 valence electrons. The summed E-state index contributed by atoms with van der Waals surface area (Å²) < 4.78 is 7.15. The number of aryl methyl sites for hydroxylation is 1. The summed E-state index contributed by atoms with van der Waals surface area (Å²) in [6.07, 6.45) is 1.84. The van der Waals surface area contributed by atoms with E-state index in [4.69, 9.17) is 16.3 Å². The first-order chi connectivity index (χ1) is 17.4. The van der Waals surface area contributed by atoms with Crippen LogP contribution in [0.25, 0.3) is 16.9 Å². The van der Waals surface area contributed by atoms with Crippen LogP contribution in [0.3, 0.4) is 0 Å². The van der Waals surface area contributed by atoms with Gasteiger partial charge in [-0.25, -0.2) is 4.98 Å². The molecule has 4 rings (SSSR count). The molecule has 2 amide bonds. The average molecular weight is 503 g/mol. The number of aromatic nitrogens is 2. The number of imidazole rings is 1. The molecule has 0 saturated heterocycles. The van der Waals surface area contributed by atoms with E-state index in [0.717, 1.165) is 16.8 Å². The molecule has 7 nitrogen and oxygen atoms in total. The fraction of sp³-hybridized carbons (Fsp3) is 0.179. The van der Waals surface area contributed by atoms with Crippen molar-refractivity contribution in [1.82, 2.24) is 14.5 Å². The third-order valence-corrected chi connectivity index (χ3v) is 6.06. The van der Waals surface area contributed by atoms with Gasteiger partial charge in [0.05, 0.1) is 18.5 Å². The van der Waals surface area contributed by atoms with Crippen LogP contribution in [-0.2, 0) is 4.79 Å². The third-order valence-electron chi connectivity index (χ3n) is 5.81. The highest BCUT2D eigenvalue weighted by atomic mass is 35.5. The van der Waals surface area contributed by atoms with Gasteiger partial charge in [0.15, 0.2) is 0 Å². The lowest BCUT2D eigenvalue weighted by molar-refractivity contribution is -0.116. The highest BCUT2D eigenvalue weighted by Gasteiger charge is 2.21. The quantitative estimate of drug-likeness (QED) is 0.340. The molecule has 0 bridgehead atoms. The van der Waals surface area contributed by atoms with E-state index >= 15 is 0 Å². The van der Waals surface area contributed by atoms with E-state index in [9.17, 15) is 9.59 Å². The van der Waals surface area contributed by atoms with Gasteiger partial charge in [-0.05, 0) is 49.7 Å². The number of hydrogen-bond acceptors (Lipinski definition) is 4. The summed E-state index contributed by atoms with van der Waals surface area (Å²) in [5, 5.41) is 3.51. The predicted molar refractivity (Wildman–Crippen MR) is 142 cm³/mol. The van der Waals surface area contributed by atoms with Gasteiger partial charge in [0.1, 0.15) is 12.3 Å². The van der Waals surface area contributed by atoms with Crippen LogP contribution in [0.15, 0.2) is 79.0 Å². The van der Waals surface area contributed by atoms with Crippen LogP contribution in [0, 0.1) is 6.92 Å². The highest BCUT2D eigenvalue weighted by molar-refractivity contribution is 6.30. The molecule has 3 aromatic carbocycles. The van der Waals surface area contributed by atoms with Crippen molar-refractivity contribution < 1.29 is 14.3 Å².